The second kappa shape index (κ2) is 6.38. The van der Waals surface area contributed by atoms with Crippen molar-refractivity contribution in [2.75, 3.05) is 19.8 Å². The Bertz CT molecular complexity index is 216. The van der Waals surface area contributed by atoms with Crippen LogP contribution in [0.15, 0.2) is 12.7 Å². The second-order valence-electron chi connectivity index (χ2n) is 4.79. The van der Waals surface area contributed by atoms with Crippen molar-refractivity contribution < 1.29 is 9.47 Å². The van der Waals surface area contributed by atoms with E-state index in [1.54, 1.807) is 0 Å². The summed E-state index contributed by atoms with van der Waals surface area (Å²) in [6.45, 7) is 6.21. The van der Waals surface area contributed by atoms with Crippen LogP contribution >= 0.6 is 0 Å². The summed E-state index contributed by atoms with van der Waals surface area (Å²) in [7, 11) is 0. The van der Waals surface area contributed by atoms with Crippen LogP contribution in [-0.4, -0.2) is 38.0 Å². The number of ether oxygens (including phenoxy) is 2. The fourth-order valence-electron chi connectivity index (χ4n) is 2.02. The molecule has 2 fully saturated rings. The van der Waals surface area contributed by atoms with Gasteiger partial charge in [-0.05, 0) is 32.1 Å². The van der Waals surface area contributed by atoms with Crippen molar-refractivity contribution in [2.45, 2.75) is 50.4 Å². The number of hydrogen-bond donors (Lipinski definition) is 1. The van der Waals surface area contributed by atoms with Gasteiger partial charge in [0.25, 0.3) is 0 Å². The summed E-state index contributed by atoms with van der Waals surface area (Å²) in [5, 5.41) is 3.52. The third kappa shape index (κ3) is 4.24. The monoisotopic (exact) mass is 225 g/mol. The minimum atomic E-state index is 0.316. The van der Waals surface area contributed by atoms with Crippen LogP contribution in [0.1, 0.15) is 32.1 Å². The molecule has 2 unspecified atom stereocenters. The van der Waals surface area contributed by atoms with Gasteiger partial charge >= 0.3 is 0 Å². The topological polar surface area (TPSA) is 30.5 Å². The lowest BCUT2D eigenvalue weighted by Crippen LogP contribution is -2.29. The zero-order valence-electron chi connectivity index (χ0n) is 9.99. The highest BCUT2D eigenvalue weighted by Gasteiger charge is 2.27. The zero-order valence-corrected chi connectivity index (χ0v) is 9.99. The van der Waals surface area contributed by atoms with E-state index >= 15 is 0 Å². The van der Waals surface area contributed by atoms with Gasteiger partial charge in [-0.2, -0.15) is 0 Å². The highest BCUT2D eigenvalue weighted by Crippen LogP contribution is 2.22. The first-order valence-corrected chi connectivity index (χ1v) is 6.46. The molecule has 0 aromatic rings. The van der Waals surface area contributed by atoms with Gasteiger partial charge in [-0.15, -0.1) is 6.58 Å². The molecule has 92 valence electrons. The van der Waals surface area contributed by atoms with E-state index in [0.717, 1.165) is 38.6 Å². The third-order valence-corrected chi connectivity index (χ3v) is 3.18. The van der Waals surface area contributed by atoms with Gasteiger partial charge in [0.05, 0.1) is 25.4 Å². The Morgan fingerprint density at radius 1 is 1.25 bits per heavy atom. The average molecular weight is 225 g/mol. The van der Waals surface area contributed by atoms with E-state index in [1.807, 2.05) is 6.08 Å². The lowest BCUT2D eigenvalue weighted by Gasteiger charge is -2.14. The maximum absolute atomic E-state index is 5.91. The van der Waals surface area contributed by atoms with E-state index in [-0.39, 0.29) is 0 Å². The lowest BCUT2D eigenvalue weighted by molar-refractivity contribution is -0.0133. The zero-order chi connectivity index (χ0) is 11.2. The Balaban J connectivity index is 1.50. The smallest absolute Gasteiger partial charge is 0.0813 e. The Morgan fingerprint density at radius 2 is 2.06 bits per heavy atom. The highest BCUT2D eigenvalue weighted by atomic mass is 16.5. The molecule has 0 radical (unpaired) electrons. The van der Waals surface area contributed by atoms with Crippen LogP contribution in [0.5, 0.6) is 0 Å². The predicted molar refractivity (Wildman–Crippen MR) is 64.6 cm³/mol. The van der Waals surface area contributed by atoms with Crippen molar-refractivity contribution in [3.63, 3.8) is 0 Å². The van der Waals surface area contributed by atoms with E-state index < -0.39 is 0 Å². The molecule has 16 heavy (non-hydrogen) atoms. The summed E-state index contributed by atoms with van der Waals surface area (Å²) in [5.74, 6) is 0. The summed E-state index contributed by atoms with van der Waals surface area (Å²) >= 11 is 0. The Hall–Kier alpha value is -0.380. The van der Waals surface area contributed by atoms with Crippen LogP contribution in [-0.2, 0) is 9.47 Å². The van der Waals surface area contributed by atoms with Gasteiger partial charge in [0, 0.05) is 12.6 Å². The molecular weight excluding hydrogens is 202 g/mol. The Labute approximate surface area is 98.2 Å². The Morgan fingerprint density at radius 3 is 2.81 bits per heavy atom. The molecule has 1 aliphatic heterocycles. The first-order valence-electron chi connectivity index (χ1n) is 6.46. The largest absolute Gasteiger partial charge is 0.378 e. The van der Waals surface area contributed by atoms with Crippen LogP contribution in [0.2, 0.25) is 0 Å². The molecular formula is C13H23NO2. The van der Waals surface area contributed by atoms with E-state index in [4.69, 9.17) is 9.47 Å². The molecule has 3 heteroatoms. The molecule has 0 bridgehead atoms. The van der Waals surface area contributed by atoms with E-state index in [9.17, 15) is 0 Å². The first kappa shape index (κ1) is 12.1. The molecule has 0 amide bonds. The van der Waals surface area contributed by atoms with Crippen molar-refractivity contribution >= 4 is 0 Å². The molecule has 0 aromatic heterocycles. The van der Waals surface area contributed by atoms with Crippen molar-refractivity contribution in [3.8, 4) is 0 Å². The van der Waals surface area contributed by atoms with E-state index in [1.165, 1.54) is 19.3 Å². The molecule has 0 aromatic carbocycles. The summed E-state index contributed by atoms with van der Waals surface area (Å²) in [5.41, 5.74) is 0. The molecule has 1 heterocycles. The fourth-order valence-corrected chi connectivity index (χ4v) is 2.02. The summed E-state index contributed by atoms with van der Waals surface area (Å²) in [4.78, 5) is 0. The molecule has 1 N–H and O–H groups in total. The van der Waals surface area contributed by atoms with Crippen molar-refractivity contribution in [1.29, 1.82) is 0 Å². The quantitative estimate of drug-likeness (QED) is 0.505. The summed E-state index contributed by atoms with van der Waals surface area (Å²) < 4.78 is 11.4. The number of hydrogen-bond acceptors (Lipinski definition) is 3. The minimum Gasteiger partial charge on any atom is -0.378 e. The van der Waals surface area contributed by atoms with Gasteiger partial charge in [0.2, 0.25) is 0 Å². The fraction of sp³-hybridized carbons (Fsp3) is 0.846. The molecule has 1 saturated carbocycles. The van der Waals surface area contributed by atoms with Gasteiger partial charge in [0.15, 0.2) is 0 Å². The van der Waals surface area contributed by atoms with E-state index in [2.05, 4.69) is 11.9 Å². The standard InChI is InChI=1S/C13H23NO2/c1-2-3-8-15-10-13-7-6-12(16-13)9-14-11-4-5-11/h2,11-14H,1,3-10H2. The van der Waals surface area contributed by atoms with Crippen LogP contribution in [0.4, 0.5) is 0 Å². The van der Waals surface area contributed by atoms with Gasteiger partial charge < -0.3 is 14.8 Å². The van der Waals surface area contributed by atoms with Crippen LogP contribution in [0.25, 0.3) is 0 Å². The molecule has 0 spiro atoms. The molecule has 1 aliphatic carbocycles. The predicted octanol–water partition coefficient (Wildman–Crippen LogP) is 1.88. The lowest BCUT2D eigenvalue weighted by atomic mass is 10.2. The molecule has 2 atom stereocenters. The molecule has 2 aliphatic rings. The van der Waals surface area contributed by atoms with Gasteiger partial charge in [0.1, 0.15) is 0 Å². The maximum Gasteiger partial charge on any atom is 0.0813 e. The van der Waals surface area contributed by atoms with Crippen LogP contribution in [0, 0.1) is 0 Å². The maximum atomic E-state index is 5.91. The Kier molecular flexibility index (Phi) is 4.82. The van der Waals surface area contributed by atoms with Gasteiger partial charge in [-0.3, -0.25) is 0 Å². The van der Waals surface area contributed by atoms with Crippen LogP contribution in [0.3, 0.4) is 0 Å². The normalized spacial score (nSPS) is 29.5. The highest BCUT2D eigenvalue weighted by molar-refractivity contribution is 4.84. The minimum absolute atomic E-state index is 0.316. The van der Waals surface area contributed by atoms with Crippen LogP contribution < -0.4 is 5.32 Å². The molecule has 2 rings (SSSR count). The number of nitrogens with one attached hydrogen (secondary N) is 1. The van der Waals surface area contributed by atoms with Gasteiger partial charge in [-0.1, -0.05) is 6.08 Å². The number of rotatable bonds is 8. The SMILES string of the molecule is C=CCCOCC1CCC(CNC2CC2)O1. The summed E-state index contributed by atoms with van der Waals surface area (Å²) in [6.07, 6.45) is 8.56. The van der Waals surface area contributed by atoms with E-state index in [0.29, 0.717) is 12.2 Å². The van der Waals surface area contributed by atoms with Crippen molar-refractivity contribution in [3.05, 3.63) is 12.7 Å². The van der Waals surface area contributed by atoms with Crippen molar-refractivity contribution in [1.82, 2.24) is 5.32 Å². The average Bonchev–Trinajstić information content (AvgIpc) is 3.02. The van der Waals surface area contributed by atoms with Gasteiger partial charge in [-0.25, -0.2) is 0 Å². The van der Waals surface area contributed by atoms with Crippen molar-refractivity contribution in [2.24, 2.45) is 0 Å². The summed E-state index contributed by atoms with van der Waals surface area (Å²) in [6, 6.07) is 0.784. The molecule has 1 saturated heterocycles. The third-order valence-electron chi connectivity index (χ3n) is 3.18. The first-order chi connectivity index (χ1) is 7.88. The molecule has 3 nitrogen and oxygen atoms in total. The second-order valence-corrected chi connectivity index (χ2v) is 4.79.